The molecule has 1 N–H and O–H groups in total. The maximum Gasteiger partial charge on any atom is 0.337 e. The van der Waals surface area contributed by atoms with E-state index in [4.69, 9.17) is 28.3 Å². The molecule has 0 saturated heterocycles. The lowest BCUT2D eigenvalue weighted by Gasteiger charge is -2.03. The maximum absolute atomic E-state index is 10.7. The molecule has 0 aliphatic rings. The molecule has 0 radical (unpaired) electrons. The summed E-state index contributed by atoms with van der Waals surface area (Å²) in [5, 5.41) is 9.81. The van der Waals surface area contributed by atoms with Crippen molar-refractivity contribution in [2.45, 2.75) is 10.6 Å². The van der Waals surface area contributed by atoms with Crippen LogP contribution in [0.1, 0.15) is 16.1 Å². The molecule has 2 rings (SSSR count). The first-order valence-electron chi connectivity index (χ1n) is 5.32. The van der Waals surface area contributed by atoms with Gasteiger partial charge in [-0.2, -0.15) is 0 Å². The van der Waals surface area contributed by atoms with Gasteiger partial charge in [-0.3, -0.25) is 4.98 Å². The minimum absolute atomic E-state index is 0.184. The van der Waals surface area contributed by atoms with Gasteiger partial charge in [0.1, 0.15) is 0 Å². The number of pyridine rings is 1. The summed E-state index contributed by atoms with van der Waals surface area (Å²) in [6, 6.07) is 8.66. The Kier molecular flexibility index (Phi) is 4.69. The number of nitrogens with zero attached hydrogens (tertiary/aromatic N) is 1. The van der Waals surface area contributed by atoms with E-state index in [-0.39, 0.29) is 5.56 Å². The summed E-state index contributed by atoms with van der Waals surface area (Å²) in [6.07, 6.45) is 1.35. The molecule has 0 bridgehead atoms. The van der Waals surface area contributed by atoms with Gasteiger partial charge in [-0.05, 0) is 30.3 Å². The smallest absolute Gasteiger partial charge is 0.337 e. The molecule has 0 aliphatic heterocycles. The molecular formula is C13H9Cl2NO2S. The first kappa shape index (κ1) is 14.2. The number of carboxylic acids is 1. The lowest BCUT2D eigenvalue weighted by molar-refractivity contribution is 0.0696. The Labute approximate surface area is 124 Å². The third-order valence-corrected chi connectivity index (χ3v) is 4.12. The number of aromatic carboxylic acids is 1. The summed E-state index contributed by atoms with van der Waals surface area (Å²) in [7, 11) is 0. The van der Waals surface area contributed by atoms with Crippen LogP contribution in [0.5, 0.6) is 0 Å². The van der Waals surface area contributed by atoms with Crippen LogP contribution in [0.3, 0.4) is 0 Å². The van der Waals surface area contributed by atoms with Crippen molar-refractivity contribution in [2.24, 2.45) is 0 Å². The second-order valence-electron chi connectivity index (χ2n) is 3.71. The Morgan fingerprint density at radius 3 is 2.58 bits per heavy atom. The van der Waals surface area contributed by atoms with Gasteiger partial charge in [0.2, 0.25) is 0 Å². The van der Waals surface area contributed by atoms with Crippen LogP contribution >= 0.6 is 35.0 Å². The highest BCUT2D eigenvalue weighted by Crippen LogP contribution is 2.29. The van der Waals surface area contributed by atoms with Crippen molar-refractivity contribution in [3.63, 3.8) is 0 Å². The van der Waals surface area contributed by atoms with E-state index in [1.807, 2.05) is 6.07 Å². The molecule has 1 aromatic heterocycles. The number of carbonyl (C=O) groups is 1. The highest BCUT2D eigenvalue weighted by molar-refractivity contribution is 7.98. The maximum atomic E-state index is 10.7. The van der Waals surface area contributed by atoms with Crippen LogP contribution in [0.15, 0.2) is 41.4 Å². The molecular weight excluding hydrogens is 305 g/mol. The lowest BCUT2D eigenvalue weighted by Crippen LogP contribution is -1.97. The van der Waals surface area contributed by atoms with Gasteiger partial charge in [0.05, 0.1) is 21.3 Å². The summed E-state index contributed by atoms with van der Waals surface area (Å²) in [4.78, 5) is 15.8. The summed E-state index contributed by atoms with van der Waals surface area (Å²) in [5.41, 5.74) is 0.990. The highest BCUT2D eigenvalue weighted by atomic mass is 35.5. The van der Waals surface area contributed by atoms with Gasteiger partial charge in [-0.1, -0.05) is 23.2 Å². The molecule has 0 amide bonds. The Hall–Kier alpha value is -1.23. The molecule has 3 nitrogen and oxygen atoms in total. The van der Waals surface area contributed by atoms with Gasteiger partial charge in [-0.15, -0.1) is 11.8 Å². The van der Waals surface area contributed by atoms with Crippen molar-refractivity contribution in [1.82, 2.24) is 4.98 Å². The van der Waals surface area contributed by atoms with Crippen molar-refractivity contribution >= 4 is 40.9 Å². The summed E-state index contributed by atoms with van der Waals surface area (Å²) in [6.45, 7) is 0. The Morgan fingerprint density at radius 1 is 1.21 bits per heavy atom. The van der Waals surface area contributed by atoms with E-state index in [0.717, 1.165) is 10.6 Å². The first-order valence-corrected chi connectivity index (χ1v) is 7.06. The van der Waals surface area contributed by atoms with E-state index < -0.39 is 5.97 Å². The fourth-order valence-electron chi connectivity index (χ4n) is 1.36. The van der Waals surface area contributed by atoms with Crippen LogP contribution in [-0.4, -0.2) is 16.1 Å². The number of halogens is 2. The van der Waals surface area contributed by atoms with Gasteiger partial charge in [0.25, 0.3) is 0 Å². The second kappa shape index (κ2) is 6.28. The number of aromatic nitrogens is 1. The number of carboxylic acid groups (broad SMARTS) is 1. The normalized spacial score (nSPS) is 10.4. The van der Waals surface area contributed by atoms with Crippen LogP contribution in [0.2, 0.25) is 10.0 Å². The number of benzene rings is 1. The number of rotatable bonds is 4. The summed E-state index contributed by atoms with van der Waals surface area (Å²) in [5.74, 6) is -0.339. The van der Waals surface area contributed by atoms with Gasteiger partial charge >= 0.3 is 5.97 Å². The predicted molar refractivity (Wildman–Crippen MR) is 77.2 cm³/mol. The Morgan fingerprint density at radius 2 is 2.00 bits per heavy atom. The average Bonchev–Trinajstić information content (AvgIpc) is 2.40. The van der Waals surface area contributed by atoms with E-state index >= 15 is 0 Å². The van der Waals surface area contributed by atoms with Gasteiger partial charge in [0.15, 0.2) is 0 Å². The van der Waals surface area contributed by atoms with Crippen molar-refractivity contribution in [1.29, 1.82) is 0 Å². The zero-order valence-electron chi connectivity index (χ0n) is 9.64. The molecule has 2 aromatic rings. The minimum atomic E-state index is -0.976. The van der Waals surface area contributed by atoms with Crippen molar-refractivity contribution in [3.05, 3.63) is 57.8 Å². The van der Waals surface area contributed by atoms with Gasteiger partial charge in [-0.25, -0.2) is 4.79 Å². The summed E-state index contributed by atoms with van der Waals surface area (Å²) >= 11 is 13.3. The van der Waals surface area contributed by atoms with E-state index in [0.29, 0.717) is 15.8 Å². The minimum Gasteiger partial charge on any atom is -0.478 e. The van der Waals surface area contributed by atoms with E-state index in [9.17, 15) is 4.79 Å². The standard InChI is InChI=1S/C13H9Cl2NO2S/c14-11-4-3-10(5-12(11)15)19-7-9-2-1-8(6-16-9)13(17)18/h1-6H,7H2,(H,17,18). The van der Waals surface area contributed by atoms with Gasteiger partial charge in [0, 0.05) is 16.8 Å². The monoisotopic (exact) mass is 313 g/mol. The fraction of sp³-hybridized carbons (Fsp3) is 0.0769. The van der Waals surface area contributed by atoms with Crippen molar-refractivity contribution in [2.75, 3.05) is 0 Å². The number of hydrogen-bond acceptors (Lipinski definition) is 3. The number of thioether (sulfide) groups is 1. The fourth-order valence-corrected chi connectivity index (χ4v) is 2.57. The largest absolute Gasteiger partial charge is 0.478 e. The van der Waals surface area contributed by atoms with Crippen molar-refractivity contribution in [3.8, 4) is 0 Å². The van der Waals surface area contributed by atoms with Crippen LogP contribution in [0.25, 0.3) is 0 Å². The Balaban J connectivity index is 2.01. The molecule has 0 atom stereocenters. The molecule has 6 heteroatoms. The molecule has 19 heavy (non-hydrogen) atoms. The predicted octanol–water partition coefficient (Wildman–Crippen LogP) is 4.38. The summed E-state index contributed by atoms with van der Waals surface area (Å²) < 4.78 is 0. The molecule has 1 aromatic carbocycles. The molecule has 0 unspecified atom stereocenters. The van der Waals surface area contributed by atoms with Crippen LogP contribution in [0.4, 0.5) is 0 Å². The topological polar surface area (TPSA) is 50.2 Å². The molecule has 1 heterocycles. The zero-order valence-corrected chi connectivity index (χ0v) is 12.0. The van der Waals surface area contributed by atoms with Crippen LogP contribution in [0, 0.1) is 0 Å². The van der Waals surface area contributed by atoms with E-state index in [1.54, 1.807) is 36.0 Å². The van der Waals surface area contributed by atoms with Crippen molar-refractivity contribution < 1.29 is 9.90 Å². The van der Waals surface area contributed by atoms with E-state index in [1.165, 1.54) is 6.20 Å². The average molecular weight is 314 g/mol. The molecule has 0 spiro atoms. The first-order chi connectivity index (χ1) is 9.06. The SMILES string of the molecule is O=C(O)c1ccc(CSc2ccc(Cl)c(Cl)c2)nc1. The molecule has 98 valence electrons. The third-order valence-electron chi connectivity index (χ3n) is 2.35. The molecule has 0 aliphatic carbocycles. The van der Waals surface area contributed by atoms with Crippen LogP contribution < -0.4 is 0 Å². The third kappa shape index (κ3) is 3.86. The highest BCUT2D eigenvalue weighted by Gasteiger charge is 2.04. The van der Waals surface area contributed by atoms with Gasteiger partial charge < -0.3 is 5.11 Å². The van der Waals surface area contributed by atoms with E-state index in [2.05, 4.69) is 4.98 Å². The lowest BCUT2D eigenvalue weighted by atomic mass is 10.2. The molecule has 0 saturated carbocycles. The quantitative estimate of drug-likeness (QED) is 0.851. The second-order valence-corrected chi connectivity index (χ2v) is 5.57. The Bertz CT molecular complexity index is 602. The number of hydrogen-bond donors (Lipinski definition) is 1. The molecule has 0 fully saturated rings. The van der Waals surface area contributed by atoms with Crippen LogP contribution in [-0.2, 0) is 5.75 Å². The zero-order chi connectivity index (χ0) is 13.8.